The number of nitrogens with zero attached hydrogens (tertiary/aromatic N) is 2. The molecule has 2 rings (SSSR count). The number of pyridine rings is 1. The predicted molar refractivity (Wildman–Crippen MR) is 95.0 cm³/mol. The minimum atomic E-state index is 0.445. The van der Waals surface area contributed by atoms with Gasteiger partial charge in [-0.2, -0.15) is 5.10 Å². The molecule has 1 aromatic heterocycles. The number of thiocarbonyl (C=S) groups is 1. The molecule has 5 heteroatoms. The van der Waals surface area contributed by atoms with Gasteiger partial charge in [0.25, 0.3) is 0 Å². The number of hydrogen-bond acceptors (Lipinski definition) is 3. The van der Waals surface area contributed by atoms with Crippen LogP contribution in [0.3, 0.4) is 0 Å². The molecule has 0 aliphatic heterocycles. The maximum Gasteiger partial charge on any atom is 0.187 e. The van der Waals surface area contributed by atoms with Crippen molar-refractivity contribution in [2.45, 2.75) is 6.92 Å². The van der Waals surface area contributed by atoms with E-state index in [-0.39, 0.29) is 0 Å². The van der Waals surface area contributed by atoms with E-state index in [2.05, 4.69) is 27.4 Å². The highest BCUT2D eigenvalue weighted by atomic mass is 32.1. The normalized spacial score (nSPS) is 10.9. The van der Waals surface area contributed by atoms with Crippen molar-refractivity contribution in [2.75, 3.05) is 6.54 Å². The van der Waals surface area contributed by atoms with Crippen molar-refractivity contribution in [1.29, 1.82) is 0 Å². The van der Waals surface area contributed by atoms with E-state index in [0.717, 1.165) is 22.7 Å². The Hall–Kier alpha value is -2.53. The molecule has 112 valence electrons. The maximum atomic E-state index is 5.17. The lowest BCUT2D eigenvalue weighted by atomic mass is 10.1. The van der Waals surface area contributed by atoms with Gasteiger partial charge in [-0.15, -0.1) is 6.58 Å². The van der Waals surface area contributed by atoms with Crippen LogP contribution >= 0.6 is 12.2 Å². The quantitative estimate of drug-likeness (QED) is 0.386. The highest BCUT2D eigenvalue weighted by Gasteiger charge is 2.09. The Bertz CT molecular complexity index is 680. The Balaban J connectivity index is 2.30. The molecule has 0 aliphatic carbocycles. The first-order valence-electron chi connectivity index (χ1n) is 6.92. The van der Waals surface area contributed by atoms with Crippen LogP contribution in [0.1, 0.15) is 17.0 Å². The largest absolute Gasteiger partial charge is 0.358 e. The fourth-order valence-corrected chi connectivity index (χ4v) is 1.98. The lowest BCUT2D eigenvalue weighted by Gasteiger charge is -2.09. The van der Waals surface area contributed by atoms with Gasteiger partial charge in [0, 0.05) is 17.8 Å². The third kappa shape index (κ3) is 4.49. The third-order valence-electron chi connectivity index (χ3n) is 2.85. The summed E-state index contributed by atoms with van der Waals surface area (Å²) < 4.78 is 0. The molecule has 0 unspecified atom stereocenters. The van der Waals surface area contributed by atoms with Gasteiger partial charge < -0.3 is 5.32 Å². The Morgan fingerprint density at radius 1 is 1.23 bits per heavy atom. The smallest absolute Gasteiger partial charge is 0.187 e. The van der Waals surface area contributed by atoms with Gasteiger partial charge in [0.05, 0.1) is 5.69 Å². The summed E-state index contributed by atoms with van der Waals surface area (Å²) >= 11 is 5.17. The molecule has 1 aromatic carbocycles. The summed E-state index contributed by atoms with van der Waals surface area (Å²) in [5.74, 6) is 0. The summed E-state index contributed by atoms with van der Waals surface area (Å²) in [6.07, 6.45) is 1.73. The Labute approximate surface area is 136 Å². The van der Waals surface area contributed by atoms with E-state index in [1.807, 2.05) is 55.5 Å². The van der Waals surface area contributed by atoms with Crippen molar-refractivity contribution < 1.29 is 0 Å². The Morgan fingerprint density at radius 2 is 2.00 bits per heavy atom. The molecule has 0 amide bonds. The number of aryl methyl sites for hydroxylation is 1. The first-order chi connectivity index (χ1) is 10.7. The SMILES string of the molecule is C=CCNC(=S)N/N=C(/c1ccccc1)c1cccc(C)n1. The molecule has 0 saturated carbocycles. The van der Waals surface area contributed by atoms with E-state index >= 15 is 0 Å². The first-order valence-corrected chi connectivity index (χ1v) is 7.33. The molecule has 0 saturated heterocycles. The van der Waals surface area contributed by atoms with Crippen LogP contribution in [0.4, 0.5) is 0 Å². The molecule has 0 spiro atoms. The summed E-state index contributed by atoms with van der Waals surface area (Å²) in [7, 11) is 0. The monoisotopic (exact) mass is 310 g/mol. The third-order valence-corrected chi connectivity index (χ3v) is 3.09. The van der Waals surface area contributed by atoms with E-state index in [1.165, 1.54) is 0 Å². The van der Waals surface area contributed by atoms with Gasteiger partial charge in [0.15, 0.2) is 5.11 Å². The number of rotatable bonds is 5. The molecule has 2 aromatic rings. The summed E-state index contributed by atoms with van der Waals surface area (Å²) in [5.41, 5.74) is 6.30. The van der Waals surface area contributed by atoms with Crippen molar-refractivity contribution in [3.8, 4) is 0 Å². The number of hydrogen-bond donors (Lipinski definition) is 2. The van der Waals surface area contributed by atoms with Crippen molar-refractivity contribution in [3.05, 3.63) is 78.1 Å². The average Bonchev–Trinajstić information content (AvgIpc) is 2.54. The van der Waals surface area contributed by atoms with Gasteiger partial charge in [-0.25, -0.2) is 0 Å². The highest BCUT2D eigenvalue weighted by molar-refractivity contribution is 7.80. The zero-order valence-corrected chi connectivity index (χ0v) is 13.2. The second-order valence-corrected chi connectivity index (χ2v) is 5.01. The van der Waals surface area contributed by atoms with Crippen LogP contribution in [0, 0.1) is 6.92 Å². The van der Waals surface area contributed by atoms with Gasteiger partial charge >= 0.3 is 0 Å². The van der Waals surface area contributed by atoms with Crippen LogP contribution < -0.4 is 10.7 Å². The second kappa shape index (κ2) is 8.05. The number of hydrazone groups is 1. The van der Waals surface area contributed by atoms with Crippen molar-refractivity contribution in [2.24, 2.45) is 5.10 Å². The Kier molecular flexibility index (Phi) is 5.80. The van der Waals surface area contributed by atoms with Gasteiger partial charge in [-0.1, -0.05) is 42.5 Å². The topological polar surface area (TPSA) is 49.3 Å². The molecular weight excluding hydrogens is 292 g/mol. The van der Waals surface area contributed by atoms with Crippen molar-refractivity contribution in [1.82, 2.24) is 15.7 Å². The first kappa shape index (κ1) is 15.9. The number of aromatic nitrogens is 1. The maximum absolute atomic E-state index is 5.17. The Morgan fingerprint density at radius 3 is 2.68 bits per heavy atom. The molecule has 22 heavy (non-hydrogen) atoms. The van der Waals surface area contributed by atoms with Crippen molar-refractivity contribution >= 4 is 23.0 Å². The minimum Gasteiger partial charge on any atom is -0.358 e. The summed E-state index contributed by atoms with van der Waals surface area (Å²) in [4.78, 5) is 4.54. The van der Waals surface area contributed by atoms with Gasteiger partial charge in [-0.05, 0) is 31.3 Å². The van der Waals surface area contributed by atoms with Crippen molar-refractivity contribution in [3.63, 3.8) is 0 Å². The number of benzene rings is 1. The predicted octanol–water partition coefficient (Wildman–Crippen LogP) is 2.79. The van der Waals surface area contributed by atoms with Crippen LogP contribution in [0.2, 0.25) is 0 Å². The molecule has 4 nitrogen and oxygen atoms in total. The summed E-state index contributed by atoms with van der Waals surface area (Å²) in [6, 6.07) is 15.7. The number of nitrogens with one attached hydrogen (secondary N) is 2. The molecule has 0 atom stereocenters. The highest BCUT2D eigenvalue weighted by Crippen LogP contribution is 2.09. The van der Waals surface area contributed by atoms with E-state index in [4.69, 9.17) is 12.2 Å². The van der Waals surface area contributed by atoms with Crippen LogP contribution in [-0.2, 0) is 0 Å². The molecule has 0 aliphatic rings. The van der Waals surface area contributed by atoms with Crippen LogP contribution in [-0.4, -0.2) is 22.4 Å². The molecule has 0 bridgehead atoms. The standard InChI is InChI=1S/C17H18N4S/c1-3-12-18-17(22)21-20-16(14-9-5-4-6-10-14)15-11-7-8-13(2)19-15/h3-11H,1,12H2,2H3,(H2,18,21,22)/b20-16-. The van der Waals surface area contributed by atoms with Crippen LogP contribution in [0.5, 0.6) is 0 Å². The van der Waals surface area contributed by atoms with E-state index < -0.39 is 0 Å². The molecule has 0 radical (unpaired) electrons. The summed E-state index contributed by atoms with van der Waals surface area (Å²) in [5, 5.41) is 7.85. The fraction of sp³-hybridized carbons (Fsp3) is 0.118. The second-order valence-electron chi connectivity index (χ2n) is 4.60. The lowest BCUT2D eigenvalue weighted by Crippen LogP contribution is -2.33. The zero-order chi connectivity index (χ0) is 15.8. The lowest BCUT2D eigenvalue weighted by molar-refractivity contribution is 0.936. The van der Waals surface area contributed by atoms with Crippen LogP contribution in [0.25, 0.3) is 0 Å². The molecule has 2 N–H and O–H groups in total. The molecule has 1 heterocycles. The summed E-state index contributed by atoms with van der Waals surface area (Å²) in [6.45, 7) is 6.18. The molecular formula is C17H18N4S. The minimum absolute atomic E-state index is 0.445. The van der Waals surface area contributed by atoms with Gasteiger partial charge in [0.1, 0.15) is 5.71 Å². The van der Waals surface area contributed by atoms with Gasteiger partial charge in [-0.3, -0.25) is 10.4 Å². The van der Waals surface area contributed by atoms with E-state index in [9.17, 15) is 0 Å². The average molecular weight is 310 g/mol. The van der Waals surface area contributed by atoms with E-state index in [1.54, 1.807) is 6.08 Å². The zero-order valence-electron chi connectivity index (χ0n) is 12.4. The van der Waals surface area contributed by atoms with E-state index in [0.29, 0.717) is 11.7 Å². The van der Waals surface area contributed by atoms with Crippen LogP contribution in [0.15, 0.2) is 66.3 Å². The van der Waals surface area contributed by atoms with Gasteiger partial charge in [0.2, 0.25) is 0 Å². The fourth-order valence-electron chi connectivity index (χ4n) is 1.85. The molecule has 0 fully saturated rings.